The molecule has 4 nitrogen and oxygen atoms in total. The lowest BCUT2D eigenvalue weighted by Crippen LogP contribution is -2.33. The minimum Gasteiger partial charge on any atom is -0.487 e. The molecule has 1 fully saturated rings. The number of carbonyl (C=O) groups is 1. The molecule has 1 heterocycles. The average Bonchev–Trinajstić information content (AvgIpc) is 2.46. The van der Waals surface area contributed by atoms with Gasteiger partial charge in [0.1, 0.15) is 0 Å². The van der Waals surface area contributed by atoms with E-state index in [4.69, 9.17) is 9.47 Å². The Morgan fingerprint density at radius 3 is 2.82 bits per heavy atom. The van der Waals surface area contributed by atoms with Crippen LogP contribution in [-0.4, -0.2) is 25.7 Å². The smallest absolute Gasteiger partial charge is 0.316 e. The Morgan fingerprint density at radius 2 is 2.18 bits per heavy atom. The quantitative estimate of drug-likeness (QED) is 0.685. The molecule has 0 amide bonds. The number of halogens is 1. The highest BCUT2D eigenvalue weighted by atomic mass is 19.1. The van der Waals surface area contributed by atoms with Crippen molar-refractivity contribution in [2.75, 3.05) is 19.7 Å². The minimum atomic E-state index is -0.656. The molecule has 2 rings (SSSR count). The van der Waals surface area contributed by atoms with Gasteiger partial charge >= 0.3 is 5.97 Å². The van der Waals surface area contributed by atoms with E-state index in [2.05, 4.69) is 5.32 Å². The van der Waals surface area contributed by atoms with E-state index >= 15 is 0 Å². The molecule has 1 aromatic carbocycles. The molecule has 1 N–H and O–H groups in total. The van der Waals surface area contributed by atoms with Gasteiger partial charge in [-0.25, -0.2) is 4.39 Å². The zero-order valence-corrected chi connectivity index (χ0v) is 13.4. The van der Waals surface area contributed by atoms with Gasteiger partial charge in [0.05, 0.1) is 12.0 Å². The highest BCUT2D eigenvalue weighted by Gasteiger charge is 2.26. The first-order valence-corrected chi connectivity index (χ1v) is 7.72. The van der Waals surface area contributed by atoms with E-state index in [1.807, 2.05) is 0 Å². The first-order valence-electron chi connectivity index (χ1n) is 7.72. The number of para-hydroxylation sites is 1. The number of piperidine rings is 1. The van der Waals surface area contributed by atoms with Crippen LogP contribution in [0, 0.1) is 17.2 Å². The number of hydrogen-bond acceptors (Lipinski definition) is 4. The Balaban J connectivity index is 2.07. The topological polar surface area (TPSA) is 47.6 Å². The molecular weight excluding hydrogens is 285 g/mol. The number of carbonyl (C=O) groups excluding carboxylic acids is 1. The summed E-state index contributed by atoms with van der Waals surface area (Å²) in [6, 6.07) is 4.37. The van der Waals surface area contributed by atoms with E-state index in [0.29, 0.717) is 12.5 Å². The van der Waals surface area contributed by atoms with E-state index in [1.165, 1.54) is 12.1 Å². The number of benzene rings is 1. The fourth-order valence-corrected chi connectivity index (χ4v) is 2.23. The minimum absolute atomic E-state index is 0.0191. The van der Waals surface area contributed by atoms with Crippen molar-refractivity contribution < 1.29 is 18.7 Å². The summed E-state index contributed by atoms with van der Waals surface area (Å²) >= 11 is 0. The molecule has 0 bridgehead atoms. The lowest BCUT2D eigenvalue weighted by atomic mass is 9.97. The molecule has 1 aliphatic rings. The maximum Gasteiger partial charge on any atom is 0.316 e. The van der Waals surface area contributed by atoms with Crippen molar-refractivity contribution in [2.24, 2.45) is 11.3 Å². The predicted molar refractivity (Wildman–Crippen MR) is 82.6 cm³/mol. The number of nitrogens with one attached hydrogen (secondary N) is 1. The van der Waals surface area contributed by atoms with Gasteiger partial charge in [-0.3, -0.25) is 4.79 Å². The van der Waals surface area contributed by atoms with Crippen molar-refractivity contribution in [1.82, 2.24) is 5.32 Å². The standard InChI is InChI=1S/C17H24FNO3/c1-17(2,3)16(20)22-14-8-4-7-13(18)15(14)21-11-12-6-5-9-19-10-12/h4,7-8,12,19H,5-6,9-11H2,1-3H3/t12-/m0/s1. The highest BCUT2D eigenvalue weighted by molar-refractivity contribution is 5.78. The third kappa shape index (κ3) is 4.44. The third-order valence-corrected chi connectivity index (χ3v) is 3.61. The van der Waals surface area contributed by atoms with E-state index in [9.17, 15) is 9.18 Å². The van der Waals surface area contributed by atoms with Gasteiger partial charge in [0, 0.05) is 12.5 Å². The van der Waals surface area contributed by atoms with E-state index in [1.54, 1.807) is 26.8 Å². The van der Waals surface area contributed by atoms with Crippen molar-refractivity contribution in [3.63, 3.8) is 0 Å². The van der Waals surface area contributed by atoms with Crippen LogP contribution in [0.15, 0.2) is 18.2 Å². The normalized spacial score (nSPS) is 18.8. The van der Waals surface area contributed by atoms with E-state index < -0.39 is 17.2 Å². The lowest BCUT2D eigenvalue weighted by Gasteiger charge is -2.24. The molecule has 1 atom stereocenters. The fraction of sp³-hybridized carbons (Fsp3) is 0.588. The fourth-order valence-electron chi connectivity index (χ4n) is 2.23. The first kappa shape index (κ1) is 16.7. The van der Waals surface area contributed by atoms with E-state index in [0.717, 1.165) is 25.9 Å². The SMILES string of the molecule is CC(C)(C)C(=O)Oc1cccc(F)c1OC[C@H]1CCCNC1. The van der Waals surface area contributed by atoms with Gasteiger partial charge < -0.3 is 14.8 Å². The Hall–Kier alpha value is -1.62. The van der Waals surface area contributed by atoms with Crippen LogP contribution in [0.4, 0.5) is 4.39 Å². The molecule has 0 aromatic heterocycles. The van der Waals surface area contributed by atoms with Gasteiger partial charge in [-0.1, -0.05) is 6.07 Å². The van der Waals surface area contributed by atoms with Crippen LogP contribution >= 0.6 is 0 Å². The molecule has 122 valence electrons. The van der Waals surface area contributed by atoms with Gasteiger partial charge in [-0.15, -0.1) is 0 Å². The monoisotopic (exact) mass is 309 g/mol. The summed E-state index contributed by atoms with van der Waals surface area (Å²) in [5.74, 6) is -0.417. The Bertz CT molecular complexity index is 519. The Kier molecular flexibility index (Phi) is 5.40. The van der Waals surface area contributed by atoms with Crippen LogP contribution in [0.1, 0.15) is 33.6 Å². The molecule has 1 aromatic rings. The van der Waals surface area contributed by atoms with Crippen LogP contribution < -0.4 is 14.8 Å². The third-order valence-electron chi connectivity index (χ3n) is 3.61. The van der Waals surface area contributed by atoms with E-state index in [-0.39, 0.29) is 11.5 Å². The molecule has 5 heteroatoms. The van der Waals surface area contributed by atoms with Crippen LogP contribution in [0.3, 0.4) is 0 Å². The van der Waals surface area contributed by atoms with Gasteiger partial charge in [0.2, 0.25) is 0 Å². The van der Waals surface area contributed by atoms with Crippen molar-refractivity contribution in [3.05, 3.63) is 24.0 Å². The number of hydrogen-bond donors (Lipinski definition) is 1. The van der Waals surface area contributed by atoms with Crippen molar-refractivity contribution >= 4 is 5.97 Å². The molecule has 0 aliphatic carbocycles. The zero-order valence-electron chi connectivity index (χ0n) is 13.4. The Morgan fingerprint density at radius 1 is 1.41 bits per heavy atom. The maximum absolute atomic E-state index is 14.0. The molecule has 0 unspecified atom stereocenters. The molecule has 22 heavy (non-hydrogen) atoms. The van der Waals surface area contributed by atoms with Gasteiger partial charge in [-0.2, -0.15) is 0 Å². The number of esters is 1. The molecule has 0 saturated carbocycles. The molecule has 1 saturated heterocycles. The highest BCUT2D eigenvalue weighted by Crippen LogP contribution is 2.32. The van der Waals surface area contributed by atoms with Crippen molar-refractivity contribution in [3.8, 4) is 11.5 Å². The summed E-state index contributed by atoms with van der Waals surface area (Å²) < 4.78 is 25.0. The second-order valence-electron chi connectivity index (χ2n) is 6.73. The van der Waals surface area contributed by atoms with Crippen LogP contribution in [0.25, 0.3) is 0 Å². The van der Waals surface area contributed by atoms with Gasteiger partial charge in [0.15, 0.2) is 17.3 Å². The number of ether oxygens (including phenoxy) is 2. The lowest BCUT2D eigenvalue weighted by molar-refractivity contribution is -0.143. The summed E-state index contributed by atoms with van der Waals surface area (Å²) in [4.78, 5) is 12.0. The van der Waals surface area contributed by atoms with Gasteiger partial charge in [-0.05, 0) is 52.3 Å². The maximum atomic E-state index is 14.0. The summed E-state index contributed by atoms with van der Waals surface area (Å²) in [6.07, 6.45) is 2.15. The average molecular weight is 309 g/mol. The molecular formula is C17H24FNO3. The molecule has 1 aliphatic heterocycles. The largest absolute Gasteiger partial charge is 0.487 e. The van der Waals surface area contributed by atoms with Crippen LogP contribution in [0.5, 0.6) is 11.5 Å². The number of rotatable bonds is 4. The summed E-state index contributed by atoms with van der Waals surface area (Å²) in [5.41, 5.74) is -0.656. The second kappa shape index (κ2) is 7.09. The van der Waals surface area contributed by atoms with Crippen molar-refractivity contribution in [2.45, 2.75) is 33.6 Å². The van der Waals surface area contributed by atoms with Gasteiger partial charge in [0.25, 0.3) is 0 Å². The summed E-state index contributed by atoms with van der Waals surface area (Å²) in [6.45, 7) is 7.55. The second-order valence-corrected chi connectivity index (χ2v) is 6.73. The van der Waals surface area contributed by atoms with Crippen molar-refractivity contribution in [1.29, 1.82) is 0 Å². The summed E-state index contributed by atoms with van der Waals surface area (Å²) in [7, 11) is 0. The molecule has 0 spiro atoms. The zero-order chi connectivity index (χ0) is 16.2. The summed E-state index contributed by atoms with van der Waals surface area (Å²) in [5, 5.41) is 3.29. The van der Waals surface area contributed by atoms with Crippen LogP contribution in [-0.2, 0) is 4.79 Å². The first-order chi connectivity index (χ1) is 10.4. The van der Waals surface area contributed by atoms with Crippen LogP contribution in [0.2, 0.25) is 0 Å². The predicted octanol–water partition coefficient (Wildman–Crippen LogP) is 3.16. The molecule has 0 radical (unpaired) electrons. The Labute approximate surface area is 131 Å².